The summed E-state index contributed by atoms with van der Waals surface area (Å²) in [6.07, 6.45) is 2.88. The SMILES string of the molecule is O=C(Cc1ccc2c(c1)OCCCO2)Nc1n[nH]c2cccc(CCc3ccccc3)c12. The summed E-state index contributed by atoms with van der Waals surface area (Å²) in [6, 6.07) is 22.2. The molecule has 1 aromatic heterocycles. The molecule has 0 spiro atoms. The van der Waals surface area contributed by atoms with E-state index < -0.39 is 0 Å². The lowest BCUT2D eigenvalue weighted by atomic mass is 10.0. The molecule has 1 aliphatic rings. The number of aryl methyl sites for hydroxylation is 2. The van der Waals surface area contributed by atoms with Crippen molar-refractivity contribution in [2.45, 2.75) is 25.7 Å². The Kier molecular flexibility index (Phi) is 5.75. The molecule has 32 heavy (non-hydrogen) atoms. The molecule has 2 heterocycles. The average Bonchev–Trinajstić information content (AvgIpc) is 3.07. The lowest BCUT2D eigenvalue weighted by molar-refractivity contribution is -0.115. The van der Waals surface area contributed by atoms with Gasteiger partial charge < -0.3 is 14.8 Å². The van der Waals surface area contributed by atoms with Gasteiger partial charge in [-0.25, -0.2) is 0 Å². The second-order valence-corrected chi connectivity index (χ2v) is 7.95. The van der Waals surface area contributed by atoms with E-state index in [1.165, 1.54) is 5.56 Å². The van der Waals surface area contributed by atoms with Crippen LogP contribution in [0.15, 0.2) is 66.7 Å². The number of amides is 1. The van der Waals surface area contributed by atoms with Crippen molar-refractivity contribution < 1.29 is 14.3 Å². The topological polar surface area (TPSA) is 76.2 Å². The average molecular weight is 428 g/mol. The second kappa shape index (κ2) is 9.14. The van der Waals surface area contributed by atoms with E-state index in [-0.39, 0.29) is 12.3 Å². The van der Waals surface area contributed by atoms with Crippen molar-refractivity contribution in [1.29, 1.82) is 0 Å². The summed E-state index contributed by atoms with van der Waals surface area (Å²) in [6.45, 7) is 1.26. The molecule has 0 atom stereocenters. The summed E-state index contributed by atoms with van der Waals surface area (Å²) in [5, 5.41) is 11.4. The van der Waals surface area contributed by atoms with E-state index in [0.29, 0.717) is 24.8 Å². The van der Waals surface area contributed by atoms with Crippen molar-refractivity contribution in [2.24, 2.45) is 0 Å². The first-order valence-electron chi connectivity index (χ1n) is 10.9. The fourth-order valence-electron chi connectivity index (χ4n) is 4.05. The van der Waals surface area contributed by atoms with Gasteiger partial charge in [0, 0.05) is 11.8 Å². The normalized spacial score (nSPS) is 13.0. The summed E-state index contributed by atoms with van der Waals surface area (Å²) in [5.74, 6) is 1.88. The largest absolute Gasteiger partial charge is 0.490 e. The maximum atomic E-state index is 12.8. The summed E-state index contributed by atoms with van der Waals surface area (Å²) in [5.41, 5.74) is 4.23. The molecule has 0 saturated carbocycles. The highest BCUT2D eigenvalue weighted by atomic mass is 16.5. The summed E-state index contributed by atoms with van der Waals surface area (Å²) in [4.78, 5) is 12.8. The number of nitrogens with one attached hydrogen (secondary N) is 2. The zero-order valence-corrected chi connectivity index (χ0v) is 17.8. The van der Waals surface area contributed by atoms with E-state index in [1.54, 1.807) is 0 Å². The van der Waals surface area contributed by atoms with Crippen molar-refractivity contribution in [1.82, 2.24) is 10.2 Å². The van der Waals surface area contributed by atoms with Crippen molar-refractivity contribution in [3.63, 3.8) is 0 Å². The molecule has 3 aromatic carbocycles. The Hall–Kier alpha value is -3.80. The summed E-state index contributed by atoms with van der Waals surface area (Å²) in [7, 11) is 0. The quantitative estimate of drug-likeness (QED) is 0.468. The maximum absolute atomic E-state index is 12.8. The molecular formula is C26H25N3O3. The van der Waals surface area contributed by atoms with E-state index in [1.807, 2.05) is 36.4 Å². The van der Waals surface area contributed by atoms with Crippen LogP contribution in [0.25, 0.3) is 10.9 Å². The van der Waals surface area contributed by atoms with E-state index in [0.717, 1.165) is 47.0 Å². The van der Waals surface area contributed by atoms with Gasteiger partial charge in [0.25, 0.3) is 0 Å². The Morgan fingerprint density at radius 1 is 0.906 bits per heavy atom. The standard InChI is InChI=1S/C26H25N3O3/c30-24(17-19-11-13-22-23(16-19)32-15-5-14-31-22)27-26-25-20(8-4-9-21(25)28-29-26)12-10-18-6-2-1-3-7-18/h1-4,6-9,11,13,16H,5,10,12,14-15,17H2,(H2,27,28,29,30). The third kappa shape index (κ3) is 4.44. The predicted molar refractivity (Wildman–Crippen MR) is 124 cm³/mol. The van der Waals surface area contributed by atoms with Crippen LogP contribution in [-0.4, -0.2) is 29.3 Å². The second-order valence-electron chi connectivity index (χ2n) is 7.95. The number of hydrogen-bond donors (Lipinski definition) is 2. The van der Waals surface area contributed by atoms with Crippen LogP contribution < -0.4 is 14.8 Å². The number of carbonyl (C=O) groups excluding carboxylic acids is 1. The van der Waals surface area contributed by atoms with Gasteiger partial charge in [-0.05, 0) is 47.7 Å². The first-order chi connectivity index (χ1) is 15.8. The van der Waals surface area contributed by atoms with E-state index in [4.69, 9.17) is 9.47 Å². The molecule has 0 saturated heterocycles. The molecule has 5 rings (SSSR count). The third-order valence-corrected chi connectivity index (χ3v) is 5.64. The van der Waals surface area contributed by atoms with Crippen molar-refractivity contribution in [2.75, 3.05) is 18.5 Å². The highest BCUT2D eigenvalue weighted by Gasteiger charge is 2.15. The maximum Gasteiger partial charge on any atom is 0.230 e. The Morgan fingerprint density at radius 3 is 2.62 bits per heavy atom. The number of nitrogens with zero attached hydrogens (tertiary/aromatic N) is 1. The fourth-order valence-corrected chi connectivity index (χ4v) is 4.05. The van der Waals surface area contributed by atoms with Crippen LogP contribution in [0.1, 0.15) is 23.1 Å². The molecule has 1 amide bonds. The van der Waals surface area contributed by atoms with Gasteiger partial charge in [0.1, 0.15) is 0 Å². The Labute approximate surface area is 186 Å². The van der Waals surface area contributed by atoms with E-state index in [9.17, 15) is 4.79 Å². The van der Waals surface area contributed by atoms with Gasteiger partial charge >= 0.3 is 0 Å². The van der Waals surface area contributed by atoms with Crippen LogP contribution >= 0.6 is 0 Å². The molecule has 6 nitrogen and oxygen atoms in total. The minimum absolute atomic E-state index is 0.120. The molecule has 162 valence electrons. The van der Waals surface area contributed by atoms with Crippen LogP contribution in [0.4, 0.5) is 5.82 Å². The molecule has 2 N–H and O–H groups in total. The van der Waals surface area contributed by atoms with Crippen molar-refractivity contribution in [3.05, 3.63) is 83.4 Å². The van der Waals surface area contributed by atoms with Gasteiger partial charge in [-0.3, -0.25) is 9.89 Å². The number of benzene rings is 3. The molecule has 0 radical (unpaired) electrons. The molecule has 1 aliphatic heterocycles. The highest BCUT2D eigenvalue weighted by Crippen LogP contribution is 2.31. The highest BCUT2D eigenvalue weighted by molar-refractivity contribution is 6.01. The number of carbonyl (C=O) groups is 1. The molecule has 6 heteroatoms. The number of ether oxygens (including phenoxy) is 2. The van der Waals surface area contributed by atoms with Crippen LogP contribution in [0.2, 0.25) is 0 Å². The number of rotatable bonds is 6. The van der Waals surface area contributed by atoms with Crippen molar-refractivity contribution in [3.8, 4) is 11.5 Å². The van der Waals surface area contributed by atoms with Crippen LogP contribution in [0, 0.1) is 0 Å². The number of aromatic amines is 1. The third-order valence-electron chi connectivity index (χ3n) is 5.64. The Bertz CT molecular complexity index is 1230. The summed E-state index contributed by atoms with van der Waals surface area (Å²) < 4.78 is 11.4. The molecule has 0 unspecified atom stereocenters. The molecule has 0 bridgehead atoms. The number of aromatic nitrogens is 2. The zero-order chi connectivity index (χ0) is 21.8. The fraction of sp³-hybridized carbons (Fsp3) is 0.231. The van der Waals surface area contributed by atoms with Crippen LogP contribution in [0.3, 0.4) is 0 Å². The zero-order valence-electron chi connectivity index (χ0n) is 17.8. The summed E-state index contributed by atoms with van der Waals surface area (Å²) >= 11 is 0. The van der Waals surface area contributed by atoms with E-state index in [2.05, 4.69) is 45.8 Å². The van der Waals surface area contributed by atoms with E-state index >= 15 is 0 Å². The Morgan fingerprint density at radius 2 is 1.75 bits per heavy atom. The first kappa shape index (κ1) is 20.1. The van der Waals surface area contributed by atoms with Crippen LogP contribution in [-0.2, 0) is 24.1 Å². The predicted octanol–water partition coefficient (Wildman–Crippen LogP) is 4.69. The van der Waals surface area contributed by atoms with Gasteiger partial charge in [0.15, 0.2) is 17.3 Å². The minimum Gasteiger partial charge on any atom is -0.490 e. The van der Waals surface area contributed by atoms with Gasteiger partial charge in [0.2, 0.25) is 5.91 Å². The van der Waals surface area contributed by atoms with Gasteiger partial charge in [0.05, 0.1) is 25.2 Å². The van der Waals surface area contributed by atoms with Crippen molar-refractivity contribution >= 4 is 22.6 Å². The minimum atomic E-state index is -0.120. The number of anilines is 1. The van der Waals surface area contributed by atoms with Gasteiger partial charge in [-0.15, -0.1) is 0 Å². The molecule has 0 fully saturated rings. The van der Waals surface area contributed by atoms with Gasteiger partial charge in [-0.2, -0.15) is 5.10 Å². The molecule has 4 aromatic rings. The number of H-pyrrole nitrogens is 1. The van der Waals surface area contributed by atoms with Crippen LogP contribution in [0.5, 0.6) is 11.5 Å². The smallest absolute Gasteiger partial charge is 0.230 e. The first-order valence-corrected chi connectivity index (χ1v) is 10.9. The van der Waals surface area contributed by atoms with Gasteiger partial charge in [-0.1, -0.05) is 48.5 Å². The Balaban J connectivity index is 1.31. The molecule has 0 aliphatic carbocycles. The molecular weight excluding hydrogens is 402 g/mol. The lowest BCUT2D eigenvalue weighted by Gasteiger charge is -2.10. The monoisotopic (exact) mass is 427 g/mol. The number of hydrogen-bond acceptors (Lipinski definition) is 4. The lowest BCUT2D eigenvalue weighted by Crippen LogP contribution is -2.15. The number of fused-ring (bicyclic) bond motifs is 2.